The number of amides is 1. The minimum absolute atomic E-state index is 0.0648. The minimum atomic E-state index is 0.0648. The Labute approximate surface area is 117 Å². The van der Waals surface area contributed by atoms with Gasteiger partial charge in [0.05, 0.1) is 6.04 Å². The second kappa shape index (κ2) is 7.25. The van der Waals surface area contributed by atoms with Crippen LogP contribution in [0.25, 0.3) is 0 Å². The Balaban J connectivity index is 1.57. The minimum Gasteiger partial charge on any atom is -0.355 e. The molecule has 2 rings (SSSR count). The van der Waals surface area contributed by atoms with Gasteiger partial charge >= 0.3 is 0 Å². The molecule has 4 heteroatoms. The topological polar surface area (TPSA) is 44.4 Å². The fraction of sp³-hybridized carbons (Fsp3) is 0.933. The third kappa shape index (κ3) is 4.77. The van der Waals surface area contributed by atoms with E-state index in [0.29, 0.717) is 0 Å². The van der Waals surface area contributed by atoms with Gasteiger partial charge in [-0.3, -0.25) is 4.79 Å². The molecule has 4 nitrogen and oxygen atoms in total. The van der Waals surface area contributed by atoms with Crippen LogP contribution < -0.4 is 10.6 Å². The molecular weight excluding hydrogens is 238 g/mol. The molecule has 0 aromatic rings. The molecule has 2 N–H and O–H groups in total. The smallest absolute Gasteiger partial charge is 0.237 e. The Bertz CT molecular complexity index is 279. The molecule has 2 heterocycles. The van der Waals surface area contributed by atoms with Crippen molar-refractivity contribution >= 4 is 5.91 Å². The lowest BCUT2D eigenvalue weighted by Crippen LogP contribution is -2.42. The van der Waals surface area contributed by atoms with E-state index in [-0.39, 0.29) is 11.9 Å². The van der Waals surface area contributed by atoms with Crippen LogP contribution in [0.5, 0.6) is 0 Å². The second-order valence-electron chi connectivity index (χ2n) is 6.50. The van der Waals surface area contributed by atoms with Gasteiger partial charge in [-0.15, -0.1) is 0 Å². The van der Waals surface area contributed by atoms with Crippen LogP contribution in [0.15, 0.2) is 0 Å². The Kier molecular flexibility index (Phi) is 5.64. The van der Waals surface area contributed by atoms with Gasteiger partial charge in [-0.25, -0.2) is 0 Å². The number of carbonyl (C=O) groups is 1. The maximum atomic E-state index is 11.8. The Morgan fingerprint density at radius 3 is 2.68 bits per heavy atom. The van der Waals surface area contributed by atoms with Gasteiger partial charge in [-0.2, -0.15) is 0 Å². The van der Waals surface area contributed by atoms with Gasteiger partial charge < -0.3 is 15.5 Å². The highest BCUT2D eigenvalue weighted by atomic mass is 16.2. The number of carbonyl (C=O) groups excluding carboxylic acids is 1. The largest absolute Gasteiger partial charge is 0.355 e. The van der Waals surface area contributed by atoms with E-state index < -0.39 is 0 Å². The Morgan fingerprint density at radius 1 is 1.32 bits per heavy atom. The quantitative estimate of drug-likeness (QED) is 0.736. The molecule has 0 bridgehead atoms. The first-order chi connectivity index (χ1) is 9.15. The molecular formula is C15H29N3O. The van der Waals surface area contributed by atoms with Crippen LogP contribution in [0.3, 0.4) is 0 Å². The predicted octanol–water partition coefficient (Wildman–Crippen LogP) is 1.22. The third-order valence-corrected chi connectivity index (χ3v) is 4.27. The number of likely N-dealkylation sites (tertiary alicyclic amines) is 1. The zero-order valence-corrected chi connectivity index (χ0v) is 12.5. The molecule has 2 saturated heterocycles. The molecule has 2 fully saturated rings. The van der Waals surface area contributed by atoms with Crippen LogP contribution in [0.2, 0.25) is 0 Å². The van der Waals surface area contributed by atoms with Crippen molar-refractivity contribution in [1.82, 2.24) is 15.5 Å². The maximum Gasteiger partial charge on any atom is 0.237 e. The molecule has 0 radical (unpaired) electrons. The summed E-state index contributed by atoms with van der Waals surface area (Å²) in [5.74, 6) is 1.83. The number of hydrogen-bond acceptors (Lipinski definition) is 3. The summed E-state index contributed by atoms with van der Waals surface area (Å²) in [6.07, 6.45) is 4.55. The summed E-state index contributed by atoms with van der Waals surface area (Å²) < 4.78 is 0. The second-order valence-corrected chi connectivity index (χ2v) is 6.50. The summed E-state index contributed by atoms with van der Waals surface area (Å²) in [6.45, 7) is 10.1. The Hall–Kier alpha value is -0.610. The summed E-state index contributed by atoms with van der Waals surface area (Å²) in [4.78, 5) is 14.4. The summed E-state index contributed by atoms with van der Waals surface area (Å²) in [7, 11) is 0. The van der Waals surface area contributed by atoms with Crippen molar-refractivity contribution < 1.29 is 4.79 Å². The monoisotopic (exact) mass is 267 g/mol. The highest BCUT2D eigenvalue weighted by Crippen LogP contribution is 2.20. The fourth-order valence-corrected chi connectivity index (χ4v) is 3.52. The van der Waals surface area contributed by atoms with Crippen LogP contribution in [0.4, 0.5) is 0 Å². The van der Waals surface area contributed by atoms with Crippen molar-refractivity contribution in [3.8, 4) is 0 Å². The van der Waals surface area contributed by atoms with E-state index in [9.17, 15) is 4.79 Å². The molecule has 0 aromatic carbocycles. The Morgan fingerprint density at radius 2 is 2.05 bits per heavy atom. The maximum absolute atomic E-state index is 11.8. The number of piperidine rings is 1. The summed E-state index contributed by atoms with van der Waals surface area (Å²) in [5.41, 5.74) is 0. The van der Waals surface area contributed by atoms with Crippen LogP contribution in [0.1, 0.15) is 39.5 Å². The average molecular weight is 267 g/mol. The summed E-state index contributed by atoms with van der Waals surface area (Å²) in [6, 6.07) is 0.0648. The van der Waals surface area contributed by atoms with Crippen molar-refractivity contribution in [1.29, 1.82) is 0 Å². The number of hydrogen-bond donors (Lipinski definition) is 2. The highest BCUT2D eigenvalue weighted by Gasteiger charge is 2.22. The summed E-state index contributed by atoms with van der Waals surface area (Å²) in [5, 5.41) is 6.29. The lowest BCUT2D eigenvalue weighted by Gasteiger charge is -2.34. The molecule has 2 aliphatic rings. The van der Waals surface area contributed by atoms with Crippen molar-refractivity contribution in [2.24, 2.45) is 11.8 Å². The van der Waals surface area contributed by atoms with Gasteiger partial charge in [-0.1, -0.05) is 13.8 Å². The standard InChI is InChI=1S/C15H29N3O/c1-12-9-13(2)11-18(10-12)8-4-7-17-15(19)14-5-3-6-16-14/h12-14,16H,3-11H2,1-2H3,(H,17,19). The van der Waals surface area contributed by atoms with Crippen molar-refractivity contribution in [3.63, 3.8) is 0 Å². The van der Waals surface area contributed by atoms with Gasteiger partial charge in [0, 0.05) is 19.6 Å². The molecule has 3 atom stereocenters. The molecule has 0 saturated carbocycles. The van der Waals surface area contributed by atoms with Crippen molar-refractivity contribution in [2.45, 2.75) is 45.6 Å². The van der Waals surface area contributed by atoms with Crippen molar-refractivity contribution in [3.05, 3.63) is 0 Å². The van der Waals surface area contributed by atoms with E-state index in [0.717, 1.165) is 50.7 Å². The molecule has 2 aliphatic heterocycles. The van der Waals surface area contributed by atoms with Crippen LogP contribution in [0, 0.1) is 11.8 Å². The average Bonchev–Trinajstić information content (AvgIpc) is 2.87. The van der Waals surface area contributed by atoms with E-state index in [1.165, 1.54) is 19.5 Å². The van der Waals surface area contributed by atoms with Crippen LogP contribution >= 0.6 is 0 Å². The number of nitrogens with zero attached hydrogens (tertiary/aromatic N) is 1. The lowest BCUT2D eigenvalue weighted by molar-refractivity contribution is -0.122. The fourth-order valence-electron chi connectivity index (χ4n) is 3.52. The molecule has 3 unspecified atom stereocenters. The van der Waals surface area contributed by atoms with Gasteiger partial charge in [0.25, 0.3) is 0 Å². The zero-order chi connectivity index (χ0) is 13.7. The van der Waals surface area contributed by atoms with Gasteiger partial charge in [-0.05, 0) is 50.6 Å². The van der Waals surface area contributed by atoms with Gasteiger partial charge in [0.1, 0.15) is 0 Å². The molecule has 110 valence electrons. The molecule has 0 aliphatic carbocycles. The third-order valence-electron chi connectivity index (χ3n) is 4.27. The van der Waals surface area contributed by atoms with Crippen molar-refractivity contribution in [2.75, 3.05) is 32.7 Å². The normalized spacial score (nSPS) is 32.4. The van der Waals surface area contributed by atoms with E-state index >= 15 is 0 Å². The first-order valence-electron chi connectivity index (χ1n) is 7.88. The summed E-state index contributed by atoms with van der Waals surface area (Å²) >= 11 is 0. The molecule has 1 amide bonds. The zero-order valence-electron chi connectivity index (χ0n) is 12.5. The lowest BCUT2D eigenvalue weighted by atomic mass is 9.92. The molecule has 19 heavy (non-hydrogen) atoms. The predicted molar refractivity (Wildman–Crippen MR) is 78.0 cm³/mol. The molecule has 0 aromatic heterocycles. The van der Waals surface area contributed by atoms with E-state index in [2.05, 4.69) is 29.4 Å². The SMILES string of the molecule is CC1CC(C)CN(CCCNC(=O)C2CCCN2)C1. The van der Waals surface area contributed by atoms with Crippen LogP contribution in [-0.2, 0) is 4.79 Å². The van der Waals surface area contributed by atoms with E-state index in [1.807, 2.05) is 0 Å². The van der Waals surface area contributed by atoms with E-state index in [4.69, 9.17) is 0 Å². The van der Waals surface area contributed by atoms with Gasteiger partial charge in [0.2, 0.25) is 5.91 Å². The number of rotatable bonds is 5. The van der Waals surface area contributed by atoms with Crippen LogP contribution in [-0.4, -0.2) is 49.6 Å². The first-order valence-corrected chi connectivity index (χ1v) is 7.88. The number of nitrogens with one attached hydrogen (secondary N) is 2. The molecule has 0 spiro atoms. The van der Waals surface area contributed by atoms with E-state index in [1.54, 1.807) is 0 Å². The first kappa shape index (κ1) is 14.8. The highest BCUT2D eigenvalue weighted by molar-refractivity contribution is 5.81. The van der Waals surface area contributed by atoms with Gasteiger partial charge in [0.15, 0.2) is 0 Å².